The number of nitrogens with zero attached hydrogens (tertiary/aromatic N) is 2. The Morgan fingerprint density at radius 1 is 1.18 bits per heavy atom. The molecule has 0 aliphatic carbocycles. The van der Waals surface area contributed by atoms with Gasteiger partial charge in [0.05, 0.1) is 12.7 Å². The molecule has 0 unspecified atom stereocenters. The van der Waals surface area contributed by atoms with Crippen molar-refractivity contribution in [3.05, 3.63) is 70.1 Å². The maximum atomic E-state index is 13.8. The molecule has 0 spiro atoms. The van der Waals surface area contributed by atoms with Crippen LogP contribution in [0, 0.1) is 0 Å². The number of hydrogen-bond acceptors (Lipinski definition) is 5. The lowest BCUT2D eigenvalue weighted by Crippen LogP contribution is -2.67. The summed E-state index contributed by atoms with van der Waals surface area (Å²) in [6.45, 7) is 3.08. The highest BCUT2D eigenvalue weighted by molar-refractivity contribution is 7.17. The summed E-state index contributed by atoms with van der Waals surface area (Å²) in [5.74, 6) is -0.570. The van der Waals surface area contributed by atoms with Crippen molar-refractivity contribution in [2.45, 2.75) is 38.3 Å². The Labute approximate surface area is 208 Å². The first-order chi connectivity index (χ1) is 16.3. The van der Waals surface area contributed by atoms with Gasteiger partial charge >= 0.3 is 5.97 Å². The number of rotatable bonds is 8. The minimum atomic E-state index is -0.941. The van der Waals surface area contributed by atoms with Crippen LogP contribution in [0.15, 0.2) is 53.9 Å². The molecule has 1 atom stereocenters. The highest BCUT2D eigenvalue weighted by Gasteiger charge is 2.51. The number of methoxy groups -OCH3 is 1. The van der Waals surface area contributed by atoms with E-state index in [2.05, 4.69) is 0 Å². The summed E-state index contributed by atoms with van der Waals surface area (Å²) in [6.07, 6.45) is 1.27. The smallest absolute Gasteiger partial charge is 0.305 e. The van der Waals surface area contributed by atoms with Gasteiger partial charge in [-0.2, -0.15) is 0 Å². The molecule has 1 saturated heterocycles. The first kappa shape index (κ1) is 24.2. The number of esters is 1. The lowest BCUT2D eigenvalue weighted by atomic mass is 9.84. The number of benzene rings is 2. The molecule has 1 aromatic heterocycles. The number of carbonyl (C=O) groups is 3. The number of fused-ring (bicyclic) bond motifs is 1. The number of likely N-dealkylation sites (tertiary alicyclic amines) is 1. The summed E-state index contributed by atoms with van der Waals surface area (Å²) in [4.78, 5) is 42.3. The van der Waals surface area contributed by atoms with Gasteiger partial charge in [-0.1, -0.05) is 41.9 Å². The standard InChI is InChI=1S/C26H27ClN2O4S/c1-26(12-14-29(26)24(31)21-17-34-22-10-4-3-9-20(21)22)25(32)28(13-6-11-23(30)33-2)16-18-7-5-8-19(27)15-18/h3-5,7-10,15,17H,6,11-14,16H2,1-2H3/t26-/m0/s1. The van der Waals surface area contributed by atoms with Crippen LogP contribution in [0.5, 0.6) is 0 Å². The molecule has 8 heteroatoms. The van der Waals surface area contributed by atoms with Gasteiger partial charge in [-0.05, 0) is 43.5 Å². The largest absolute Gasteiger partial charge is 0.469 e. The van der Waals surface area contributed by atoms with Crippen molar-refractivity contribution in [1.82, 2.24) is 9.80 Å². The normalized spacial score (nSPS) is 17.3. The third-order valence-electron chi connectivity index (χ3n) is 6.42. The summed E-state index contributed by atoms with van der Waals surface area (Å²) >= 11 is 7.68. The molecular weight excluding hydrogens is 472 g/mol. The Balaban J connectivity index is 1.56. The van der Waals surface area contributed by atoms with E-state index < -0.39 is 5.54 Å². The Hall–Kier alpha value is -2.90. The monoisotopic (exact) mass is 498 g/mol. The average Bonchev–Trinajstić information content (AvgIpc) is 3.26. The fraction of sp³-hybridized carbons (Fsp3) is 0.346. The van der Waals surface area contributed by atoms with Gasteiger partial charge in [-0.15, -0.1) is 11.3 Å². The molecule has 2 amide bonds. The van der Waals surface area contributed by atoms with E-state index in [9.17, 15) is 14.4 Å². The minimum Gasteiger partial charge on any atom is -0.469 e. The Bertz CT molecular complexity index is 1230. The highest BCUT2D eigenvalue weighted by atomic mass is 35.5. The van der Waals surface area contributed by atoms with Crippen molar-refractivity contribution < 1.29 is 19.1 Å². The molecular formula is C26H27ClN2O4S. The first-order valence-corrected chi connectivity index (χ1v) is 12.5. The van der Waals surface area contributed by atoms with E-state index in [0.29, 0.717) is 43.1 Å². The van der Waals surface area contributed by atoms with Gasteiger partial charge < -0.3 is 14.5 Å². The molecule has 2 aromatic carbocycles. The Kier molecular flexibility index (Phi) is 7.24. The maximum absolute atomic E-state index is 13.8. The van der Waals surface area contributed by atoms with Gasteiger partial charge in [0.15, 0.2) is 0 Å². The van der Waals surface area contributed by atoms with E-state index in [1.807, 2.05) is 54.8 Å². The van der Waals surface area contributed by atoms with Crippen LogP contribution in [-0.4, -0.2) is 53.3 Å². The van der Waals surface area contributed by atoms with Gasteiger partial charge in [0.2, 0.25) is 5.91 Å². The van der Waals surface area contributed by atoms with Crippen LogP contribution in [0.3, 0.4) is 0 Å². The van der Waals surface area contributed by atoms with Gasteiger partial charge in [0.1, 0.15) is 5.54 Å². The van der Waals surface area contributed by atoms with Crippen molar-refractivity contribution in [1.29, 1.82) is 0 Å². The van der Waals surface area contributed by atoms with Crippen LogP contribution in [0.2, 0.25) is 5.02 Å². The molecule has 178 valence electrons. The molecule has 0 bridgehead atoms. The fourth-order valence-corrected chi connectivity index (χ4v) is 5.51. The molecule has 34 heavy (non-hydrogen) atoms. The molecule has 4 rings (SSSR count). The summed E-state index contributed by atoms with van der Waals surface area (Å²) in [6, 6.07) is 15.2. The molecule has 3 aromatic rings. The highest BCUT2D eigenvalue weighted by Crippen LogP contribution is 2.37. The van der Waals surface area contributed by atoms with E-state index in [0.717, 1.165) is 15.6 Å². The Morgan fingerprint density at radius 3 is 2.68 bits per heavy atom. The molecule has 1 aliphatic rings. The fourth-order valence-electron chi connectivity index (χ4n) is 4.36. The molecule has 1 aliphatic heterocycles. The van der Waals surface area contributed by atoms with Crippen molar-refractivity contribution >= 4 is 50.8 Å². The zero-order valence-corrected chi connectivity index (χ0v) is 20.8. The van der Waals surface area contributed by atoms with Crippen LogP contribution >= 0.6 is 22.9 Å². The molecule has 0 N–H and O–H groups in total. The third kappa shape index (κ3) is 4.81. The van der Waals surface area contributed by atoms with E-state index >= 15 is 0 Å². The van der Waals surface area contributed by atoms with Crippen molar-refractivity contribution in [3.63, 3.8) is 0 Å². The van der Waals surface area contributed by atoms with Crippen LogP contribution in [0.4, 0.5) is 0 Å². The number of amides is 2. The predicted octanol–water partition coefficient (Wildman–Crippen LogP) is 5.14. The number of halogens is 1. The lowest BCUT2D eigenvalue weighted by Gasteiger charge is -2.51. The zero-order valence-electron chi connectivity index (χ0n) is 19.3. The van der Waals surface area contributed by atoms with Crippen molar-refractivity contribution in [2.24, 2.45) is 0 Å². The number of thiophene rings is 1. The number of ether oxygens (including phenoxy) is 1. The van der Waals surface area contributed by atoms with Gasteiger partial charge in [-0.25, -0.2) is 0 Å². The number of hydrogen-bond donors (Lipinski definition) is 0. The van der Waals surface area contributed by atoms with Crippen LogP contribution in [-0.2, 0) is 20.9 Å². The van der Waals surface area contributed by atoms with E-state index in [4.69, 9.17) is 16.3 Å². The molecule has 0 saturated carbocycles. The average molecular weight is 499 g/mol. The lowest BCUT2D eigenvalue weighted by molar-refractivity contribution is -0.150. The third-order valence-corrected chi connectivity index (χ3v) is 7.62. The second kappa shape index (κ2) is 10.2. The quantitative estimate of drug-likeness (QED) is 0.403. The van der Waals surface area contributed by atoms with E-state index in [1.54, 1.807) is 15.9 Å². The van der Waals surface area contributed by atoms with Crippen LogP contribution in [0.25, 0.3) is 10.1 Å². The molecule has 0 radical (unpaired) electrons. The van der Waals surface area contributed by atoms with E-state index in [1.165, 1.54) is 18.4 Å². The summed E-state index contributed by atoms with van der Waals surface area (Å²) in [7, 11) is 1.35. The maximum Gasteiger partial charge on any atom is 0.305 e. The SMILES string of the molecule is COC(=O)CCCN(Cc1cccc(Cl)c1)C(=O)[C@]1(C)CCN1C(=O)c1csc2ccccc12. The van der Waals surface area contributed by atoms with Gasteiger partial charge in [0.25, 0.3) is 5.91 Å². The Morgan fingerprint density at radius 2 is 1.97 bits per heavy atom. The van der Waals surface area contributed by atoms with E-state index in [-0.39, 0.29) is 24.2 Å². The van der Waals surface area contributed by atoms with Crippen molar-refractivity contribution in [3.8, 4) is 0 Å². The number of carbonyl (C=O) groups excluding carboxylic acids is 3. The predicted molar refractivity (Wildman–Crippen MR) is 134 cm³/mol. The summed E-state index contributed by atoms with van der Waals surface area (Å²) < 4.78 is 5.79. The second-order valence-corrected chi connectivity index (χ2v) is 10.0. The van der Waals surface area contributed by atoms with Gasteiger partial charge in [0, 0.05) is 46.5 Å². The first-order valence-electron chi connectivity index (χ1n) is 11.2. The van der Waals surface area contributed by atoms with Crippen LogP contribution in [0.1, 0.15) is 42.1 Å². The summed E-state index contributed by atoms with van der Waals surface area (Å²) in [5.41, 5.74) is 0.583. The topological polar surface area (TPSA) is 66.9 Å². The summed E-state index contributed by atoms with van der Waals surface area (Å²) in [5, 5.41) is 3.37. The molecule has 2 heterocycles. The van der Waals surface area contributed by atoms with Crippen LogP contribution < -0.4 is 0 Å². The zero-order chi connectivity index (χ0) is 24.3. The molecule has 1 fully saturated rings. The molecule has 6 nitrogen and oxygen atoms in total. The second-order valence-electron chi connectivity index (χ2n) is 8.66. The minimum absolute atomic E-state index is 0.128. The van der Waals surface area contributed by atoms with Crippen molar-refractivity contribution in [2.75, 3.05) is 20.2 Å². The van der Waals surface area contributed by atoms with Gasteiger partial charge in [-0.3, -0.25) is 14.4 Å².